The van der Waals surface area contributed by atoms with Crippen LogP contribution in [-0.2, 0) is 14.3 Å². The van der Waals surface area contributed by atoms with Gasteiger partial charge in [-0.05, 0) is 25.1 Å². The molecule has 0 N–H and O–H groups in total. The van der Waals surface area contributed by atoms with Crippen LogP contribution in [0.15, 0.2) is 36.4 Å². The van der Waals surface area contributed by atoms with Crippen LogP contribution in [-0.4, -0.2) is 25.8 Å². The highest BCUT2D eigenvalue weighted by molar-refractivity contribution is 5.65. The van der Waals surface area contributed by atoms with E-state index >= 15 is 0 Å². The van der Waals surface area contributed by atoms with Crippen molar-refractivity contribution in [1.29, 1.82) is 0 Å². The molecule has 0 atom stereocenters. The predicted octanol–water partition coefficient (Wildman–Crippen LogP) is 2.48. The number of rotatable bonds is 5. The third-order valence-electron chi connectivity index (χ3n) is 2.22. The van der Waals surface area contributed by atoms with Gasteiger partial charge in [-0.25, -0.2) is 0 Å². The molecule has 1 aromatic rings. The van der Waals surface area contributed by atoms with Crippen molar-refractivity contribution in [3.8, 4) is 11.8 Å². The molecule has 0 aliphatic carbocycles. The average Bonchev–Trinajstić information content (AvgIpc) is 2.38. The van der Waals surface area contributed by atoms with E-state index in [9.17, 15) is 4.79 Å². The Labute approximate surface area is 114 Å². The Hall–Kier alpha value is -2.05. The van der Waals surface area contributed by atoms with Crippen LogP contribution < -0.4 is 0 Å². The highest BCUT2D eigenvalue weighted by Crippen LogP contribution is 2.00. The van der Waals surface area contributed by atoms with Gasteiger partial charge in [0.1, 0.15) is 13.2 Å². The number of aryl methyl sites for hydroxylation is 1. The Kier molecular flexibility index (Phi) is 7.08. The van der Waals surface area contributed by atoms with Gasteiger partial charge in [0.05, 0.1) is 6.61 Å². The van der Waals surface area contributed by atoms with Crippen molar-refractivity contribution in [2.75, 3.05) is 19.8 Å². The number of esters is 1. The van der Waals surface area contributed by atoms with Gasteiger partial charge in [0.15, 0.2) is 0 Å². The molecular weight excluding hydrogens is 240 g/mol. The molecule has 100 valence electrons. The topological polar surface area (TPSA) is 35.5 Å². The summed E-state index contributed by atoms with van der Waals surface area (Å²) in [4.78, 5) is 10.5. The van der Waals surface area contributed by atoms with Crippen LogP contribution in [0.25, 0.3) is 0 Å². The van der Waals surface area contributed by atoms with Crippen LogP contribution in [0.4, 0.5) is 0 Å². The highest BCUT2D eigenvalue weighted by Gasteiger charge is 1.87. The molecule has 0 saturated carbocycles. The Bertz CT molecular complexity index is 475. The predicted molar refractivity (Wildman–Crippen MR) is 74.6 cm³/mol. The van der Waals surface area contributed by atoms with Crippen LogP contribution in [0.5, 0.6) is 0 Å². The van der Waals surface area contributed by atoms with Crippen molar-refractivity contribution in [3.05, 3.63) is 47.5 Å². The van der Waals surface area contributed by atoms with Crippen LogP contribution in [0.3, 0.4) is 0 Å². The summed E-state index contributed by atoms with van der Waals surface area (Å²) in [6, 6.07) is 8.04. The molecule has 1 rings (SSSR count). The zero-order chi connectivity index (χ0) is 13.9. The van der Waals surface area contributed by atoms with E-state index in [4.69, 9.17) is 9.47 Å². The molecule has 0 fully saturated rings. The summed E-state index contributed by atoms with van der Waals surface area (Å²) in [5.41, 5.74) is 2.21. The average molecular weight is 258 g/mol. The SMILES string of the molecule is CC(=O)OC/C=C\COCC#Cc1ccc(C)cc1. The van der Waals surface area contributed by atoms with Crippen LogP contribution in [0, 0.1) is 18.8 Å². The molecule has 0 unspecified atom stereocenters. The number of ether oxygens (including phenoxy) is 2. The number of benzene rings is 1. The maximum absolute atomic E-state index is 10.5. The highest BCUT2D eigenvalue weighted by atomic mass is 16.5. The van der Waals surface area contributed by atoms with Crippen molar-refractivity contribution < 1.29 is 14.3 Å². The lowest BCUT2D eigenvalue weighted by atomic mass is 10.2. The van der Waals surface area contributed by atoms with Gasteiger partial charge in [0.25, 0.3) is 0 Å². The lowest BCUT2D eigenvalue weighted by Crippen LogP contribution is -1.98. The fourth-order valence-electron chi connectivity index (χ4n) is 1.25. The fourth-order valence-corrected chi connectivity index (χ4v) is 1.25. The van der Waals surface area contributed by atoms with Gasteiger partial charge in [-0.15, -0.1) is 0 Å². The molecule has 0 aliphatic heterocycles. The molecule has 0 heterocycles. The largest absolute Gasteiger partial charge is 0.462 e. The Balaban J connectivity index is 2.14. The summed E-state index contributed by atoms with van der Waals surface area (Å²) in [5.74, 6) is 5.68. The van der Waals surface area contributed by atoms with Crippen molar-refractivity contribution in [1.82, 2.24) is 0 Å². The first-order chi connectivity index (χ1) is 9.18. The third-order valence-corrected chi connectivity index (χ3v) is 2.22. The summed E-state index contributed by atoms with van der Waals surface area (Å²) >= 11 is 0. The zero-order valence-corrected chi connectivity index (χ0v) is 11.3. The fraction of sp³-hybridized carbons (Fsp3) is 0.312. The molecule has 0 saturated heterocycles. The molecule has 0 aromatic heterocycles. The van der Waals surface area contributed by atoms with Gasteiger partial charge in [0.2, 0.25) is 0 Å². The molecular formula is C16H18O3. The number of hydrogen-bond donors (Lipinski definition) is 0. The maximum Gasteiger partial charge on any atom is 0.302 e. The van der Waals surface area contributed by atoms with E-state index in [-0.39, 0.29) is 12.6 Å². The normalized spacial score (nSPS) is 10.0. The molecule has 0 amide bonds. The van der Waals surface area contributed by atoms with E-state index in [0.29, 0.717) is 13.2 Å². The van der Waals surface area contributed by atoms with Gasteiger partial charge < -0.3 is 9.47 Å². The molecule has 0 radical (unpaired) electrons. The minimum atomic E-state index is -0.283. The first-order valence-corrected chi connectivity index (χ1v) is 6.10. The van der Waals surface area contributed by atoms with Crippen molar-refractivity contribution in [2.24, 2.45) is 0 Å². The standard InChI is InChI=1S/C16H18O3/c1-14-7-9-16(10-8-14)6-5-12-18-11-3-4-13-19-15(2)17/h3-4,7-10H,11-13H2,1-2H3/b4-3-. The molecule has 19 heavy (non-hydrogen) atoms. The number of carbonyl (C=O) groups is 1. The molecule has 0 aliphatic rings. The van der Waals surface area contributed by atoms with Crippen molar-refractivity contribution >= 4 is 5.97 Å². The summed E-state index contributed by atoms with van der Waals surface area (Å²) < 4.78 is 10.0. The molecule has 0 spiro atoms. The van der Waals surface area contributed by atoms with Gasteiger partial charge in [-0.2, -0.15) is 0 Å². The van der Waals surface area contributed by atoms with Gasteiger partial charge in [0, 0.05) is 12.5 Å². The van der Waals surface area contributed by atoms with Crippen LogP contribution >= 0.6 is 0 Å². The Morgan fingerprint density at radius 1 is 1.21 bits per heavy atom. The Morgan fingerprint density at radius 2 is 1.89 bits per heavy atom. The number of carbonyl (C=O) groups excluding carboxylic acids is 1. The monoisotopic (exact) mass is 258 g/mol. The summed E-state index contributed by atoms with van der Waals surface area (Å²) in [6.07, 6.45) is 3.55. The second-order valence-electron chi connectivity index (χ2n) is 3.96. The molecule has 3 nitrogen and oxygen atoms in total. The van der Waals surface area contributed by atoms with E-state index in [0.717, 1.165) is 5.56 Å². The van der Waals surface area contributed by atoms with E-state index in [2.05, 4.69) is 11.8 Å². The minimum Gasteiger partial charge on any atom is -0.462 e. The molecule has 3 heteroatoms. The lowest BCUT2D eigenvalue weighted by Gasteiger charge is -1.95. The third kappa shape index (κ3) is 7.80. The van der Waals surface area contributed by atoms with Gasteiger partial charge in [-0.3, -0.25) is 4.79 Å². The first kappa shape index (κ1) is 15.0. The van der Waals surface area contributed by atoms with Crippen molar-refractivity contribution in [2.45, 2.75) is 13.8 Å². The number of hydrogen-bond acceptors (Lipinski definition) is 3. The molecule has 1 aromatic carbocycles. The quantitative estimate of drug-likeness (QED) is 0.352. The van der Waals surface area contributed by atoms with E-state index in [1.165, 1.54) is 12.5 Å². The maximum atomic E-state index is 10.5. The summed E-state index contributed by atoms with van der Waals surface area (Å²) in [7, 11) is 0. The van der Waals surface area contributed by atoms with Gasteiger partial charge in [-0.1, -0.05) is 35.6 Å². The van der Waals surface area contributed by atoms with Crippen molar-refractivity contribution in [3.63, 3.8) is 0 Å². The second-order valence-corrected chi connectivity index (χ2v) is 3.96. The molecule has 0 bridgehead atoms. The zero-order valence-electron chi connectivity index (χ0n) is 11.3. The van der Waals surface area contributed by atoms with E-state index in [1.807, 2.05) is 31.2 Å². The smallest absolute Gasteiger partial charge is 0.302 e. The minimum absolute atomic E-state index is 0.283. The first-order valence-electron chi connectivity index (χ1n) is 6.10. The van der Waals surface area contributed by atoms with E-state index in [1.54, 1.807) is 12.2 Å². The Morgan fingerprint density at radius 3 is 2.58 bits per heavy atom. The summed E-state index contributed by atoms with van der Waals surface area (Å²) in [6.45, 7) is 4.55. The summed E-state index contributed by atoms with van der Waals surface area (Å²) in [5, 5.41) is 0. The van der Waals surface area contributed by atoms with Crippen LogP contribution in [0.1, 0.15) is 18.1 Å². The van der Waals surface area contributed by atoms with Gasteiger partial charge >= 0.3 is 5.97 Å². The second kappa shape index (κ2) is 8.96. The van der Waals surface area contributed by atoms with Crippen LogP contribution in [0.2, 0.25) is 0 Å². The van der Waals surface area contributed by atoms with E-state index < -0.39 is 0 Å². The lowest BCUT2D eigenvalue weighted by molar-refractivity contribution is -0.139.